The molecule has 2 aromatic heterocycles. The molecule has 0 radical (unpaired) electrons. The Morgan fingerprint density at radius 1 is 1.24 bits per heavy atom. The monoisotopic (exact) mass is 353 g/mol. The highest BCUT2D eigenvalue weighted by Crippen LogP contribution is 2.24. The molecule has 1 aliphatic rings. The van der Waals surface area contributed by atoms with E-state index in [-0.39, 0.29) is 11.7 Å². The Balaban J connectivity index is 1.41. The van der Waals surface area contributed by atoms with E-state index in [1.54, 1.807) is 0 Å². The molecule has 3 heterocycles. The second kappa shape index (κ2) is 7.29. The van der Waals surface area contributed by atoms with E-state index in [4.69, 9.17) is 4.52 Å². The fourth-order valence-corrected chi connectivity index (χ4v) is 3.99. The number of hydrogen-bond acceptors (Lipinski definition) is 6. The highest BCUT2D eigenvalue weighted by atomic mass is 32.1. The molecule has 3 aromatic rings. The molecule has 4 rings (SSSR count). The zero-order chi connectivity index (χ0) is 17.1. The topological polar surface area (TPSA) is 59.2 Å². The van der Waals surface area contributed by atoms with Gasteiger partial charge in [-0.25, -0.2) is 0 Å². The van der Waals surface area contributed by atoms with Crippen LogP contribution in [-0.2, 0) is 6.54 Å². The summed E-state index contributed by atoms with van der Waals surface area (Å²) in [4.78, 5) is 20.2. The first kappa shape index (κ1) is 16.2. The first-order chi connectivity index (χ1) is 12.3. The minimum atomic E-state index is 0.0592. The van der Waals surface area contributed by atoms with Crippen molar-refractivity contribution in [2.45, 2.75) is 19.4 Å². The van der Waals surface area contributed by atoms with Gasteiger partial charge in [-0.1, -0.05) is 41.6 Å². The summed E-state index contributed by atoms with van der Waals surface area (Å²) in [6, 6.07) is 13.6. The third-order valence-electron chi connectivity index (χ3n) is 4.50. The lowest BCUT2D eigenvalue weighted by Gasteiger charge is -2.30. The summed E-state index contributed by atoms with van der Waals surface area (Å²) in [5.41, 5.74) is 0.946. The molecule has 1 fully saturated rings. The maximum atomic E-state index is 12.6. The van der Waals surface area contributed by atoms with Gasteiger partial charge >= 0.3 is 0 Å². The zero-order valence-electron chi connectivity index (χ0n) is 13.8. The molecule has 128 valence electrons. The summed E-state index contributed by atoms with van der Waals surface area (Å²) in [6.07, 6.45) is 1.97. The van der Waals surface area contributed by atoms with Crippen LogP contribution in [0.4, 0.5) is 0 Å². The van der Waals surface area contributed by atoms with Crippen LogP contribution in [0.25, 0.3) is 11.4 Å². The van der Waals surface area contributed by atoms with Gasteiger partial charge < -0.3 is 4.52 Å². The molecule has 25 heavy (non-hydrogen) atoms. The number of nitrogens with zero attached hydrogens (tertiary/aromatic N) is 3. The van der Waals surface area contributed by atoms with Gasteiger partial charge in [0.05, 0.1) is 11.4 Å². The molecule has 0 aliphatic carbocycles. The quantitative estimate of drug-likeness (QED) is 0.651. The van der Waals surface area contributed by atoms with E-state index in [0.717, 1.165) is 36.4 Å². The summed E-state index contributed by atoms with van der Waals surface area (Å²) in [5.74, 6) is 1.53. The van der Waals surface area contributed by atoms with Crippen molar-refractivity contribution in [2.24, 2.45) is 5.92 Å². The van der Waals surface area contributed by atoms with Crippen LogP contribution in [0.3, 0.4) is 0 Å². The van der Waals surface area contributed by atoms with E-state index in [2.05, 4.69) is 15.0 Å². The molecule has 1 atom stereocenters. The fraction of sp³-hybridized carbons (Fsp3) is 0.316. The van der Waals surface area contributed by atoms with Crippen molar-refractivity contribution in [2.75, 3.05) is 13.1 Å². The lowest BCUT2D eigenvalue weighted by atomic mass is 9.93. The second-order valence-electron chi connectivity index (χ2n) is 6.29. The Hall–Kier alpha value is -2.31. The van der Waals surface area contributed by atoms with Gasteiger partial charge in [0.1, 0.15) is 0 Å². The maximum absolute atomic E-state index is 12.6. The predicted molar refractivity (Wildman–Crippen MR) is 96.4 cm³/mol. The van der Waals surface area contributed by atoms with Crippen molar-refractivity contribution in [1.82, 2.24) is 15.0 Å². The van der Waals surface area contributed by atoms with Gasteiger partial charge in [0.25, 0.3) is 0 Å². The lowest BCUT2D eigenvalue weighted by Crippen LogP contribution is -2.38. The molecule has 5 nitrogen and oxygen atoms in total. The highest BCUT2D eigenvalue weighted by molar-refractivity contribution is 7.12. The number of aromatic nitrogens is 2. The lowest BCUT2D eigenvalue weighted by molar-refractivity contribution is 0.0801. The minimum Gasteiger partial charge on any atom is -0.338 e. The number of carbonyl (C=O) groups is 1. The number of benzene rings is 1. The number of carbonyl (C=O) groups excluding carboxylic acids is 1. The molecule has 0 bridgehead atoms. The third kappa shape index (κ3) is 3.70. The fourth-order valence-electron chi connectivity index (χ4n) is 3.25. The first-order valence-electron chi connectivity index (χ1n) is 8.47. The van der Waals surface area contributed by atoms with Gasteiger partial charge in [0, 0.05) is 18.0 Å². The van der Waals surface area contributed by atoms with Crippen molar-refractivity contribution in [1.29, 1.82) is 0 Å². The Morgan fingerprint density at radius 2 is 2.12 bits per heavy atom. The van der Waals surface area contributed by atoms with Crippen molar-refractivity contribution in [3.05, 3.63) is 58.6 Å². The summed E-state index contributed by atoms with van der Waals surface area (Å²) in [5, 5.41) is 6.02. The van der Waals surface area contributed by atoms with E-state index in [0.29, 0.717) is 18.3 Å². The Morgan fingerprint density at radius 3 is 2.92 bits per heavy atom. The van der Waals surface area contributed by atoms with E-state index in [9.17, 15) is 4.79 Å². The smallest absolute Gasteiger partial charge is 0.241 e. The average molecular weight is 353 g/mol. The van der Waals surface area contributed by atoms with E-state index < -0.39 is 0 Å². The molecule has 0 spiro atoms. The molecule has 0 amide bonds. The average Bonchev–Trinajstić information content (AvgIpc) is 3.34. The number of rotatable bonds is 5. The predicted octanol–water partition coefficient (Wildman–Crippen LogP) is 3.89. The number of Topliss-reactive ketones (excluding diaryl/α,β-unsaturated/α-hetero) is 1. The molecule has 1 saturated heterocycles. The van der Waals surface area contributed by atoms with Crippen LogP contribution in [0.5, 0.6) is 0 Å². The summed E-state index contributed by atoms with van der Waals surface area (Å²) in [6.45, 7) is 2.30. The molecule has 1 aliphatic heterocycles. The van der Waals surface area contributed by atoms with Crippen LogP contribution in [0, 0.1) is 5.92 Å². The standard InChI is InChI=1S/C19H19N3O2S/c23-18(16-9-5-11-25-16)15-8-4-10-22(12-15)13-17-20-19(21-24-17)14-6-2-1-3-7-14/h1-3,5-7,9,11,15H,4,8,10,12-13H2/t15-/m1/s1. The Kier molecular flexibility index (Phi) is 4.72. The zero-order valence-corrected chi connectivity index (χ0v) is 14.6. The van der Waals surface area contributed by atoms with E-state index in [1.165, 1.54) is 11.3 Å². The number of ketones is 1. The van der Waals surface area contributed by atoms with Gasteiger partial charge in [-0.05, 0) is 30.8 Å². The van der Waals surface area contributed by atoms with Crippen LogP contribution >= 0.6 is 11.3 Å². The van der Waals surface area contributed by atoms with Crippen molar-refractivity contribution in [3.8, 4) is 11.4 Å². The van der Waals surface area contributed by atoms with Gasteiger partial charge in [-0.2, -0.15) is 4.98 Å². The SMILES string of the molecule is O=C(c1cccs1)[C@@H]1CCCN(Cc2nc(-c3ccccc3)no2)C1. The van der Waals surface area contributed by atoms with Crippen LogP contribution < -0.4 is 0 Å². The van der Waals surface area contributed by atoms with Gasteiger partial charge in [-0.3, -0.25) is 9.69 Å². The highest BCUT2D eigenvalue weighted by Gasteiger charge is 2.28. The Labute approximate surface area is 150 Å². The van der Waals surface area contributed by atoms with Gasteiger partial charge in [-0.15, -0.1) is 11.3 Å². The minimum absolute atomic E-state index is 0.0592. The summed E-state index contributed by atoms with van der Waals surface area (Å²) >= 11 is 1.52. The van der Waals surface area contributed by atoms with Crippen LogP contribution in [0.1, 0.15) is 28.4 Å². The normalized spacial score (nSPS) is 18.3. The van der Waals surface area contributed by atoms with Crippen molar-refractivity contribution in [3.63, 3.8) is 0 Å². The number of thiophene rings is 1. The summed E-state index contributed by atoms with van der Waals surface area (Å²) in [7, 11) is 0. The number of piperidine rings is 1. The maximum Gasteiger partial charge on any atom is 0.241 e. The van der Waals surface area contributed by atoms with Gasteiger partial charge in [0.2, 0.25) is 11.7 Å². The molecular weight excluding hydrogens is 334 g/mol. The van der Waals surface area contributed by atoms with Crippen molar-refractivity contribution < 1.29 is 9.32 Å². The van der Waals surface area contributed by atoms with Crippen LogP contribution in [0.15, 0.2) is 52.4 Å². The number of likely N-dealkylation sites (tertiary alicyclic amines) is 1. The summed E-state index contributed by atoms with van der Waals surface area (Å²) < 4.78 is 5.40. The first-order valence-corrected chi connectivity index (χ1v) is 9.35. The number of hydrogen-bond donors (Lipinski definition) is 0. The Bertz CT molecular complexity index is 829. The van der Waals surface area contributed by atoms with E-state index in [1.807, 2.05) is 47.8 Å². The van der Waals surface area contributed by atoms with Crippen LogP contribution in [-0.4, -0.2) is 33.9 Å². The third-order valence-corrected chi connectivity index (χ3v) is 5.38. The largest absolute Gasteiger partial charge is 0.338 e. The molecule has 0 N–H and O–H groups in total. The molecule has 1 aromatic carbocycles. The molecule has 0 saturated carbocycles. The van der Waals surface area contributed by atoms with Crippen molar-refractivity contribution >= 4 is 17.1 Å². The van der Waals surface area contributed by atoms with E-state index >= 15 is 0 Å². The van der Waals surface area contributed by atoms with Gasteiger partial charge in [0.15, 0.2) is 5.78 Å². The molecule has 0 unspecified atom stereocenters. The van der Waals surface area contributed by atoms with Crippen LogP contribution in [0.2, 0.25) is 0 Å². The molecule has 6 heteroatoms. The molecular formula is C19H19N3O2S. The second-order valence-corrected chi connectivity index (χ2v) is 7.24.